The Labute approximate surface area is 148 Å². The molecule has 0 bridgehead atoms. The minimum absolute atomic E-state index is 0.290. The molecule has 0 N–H and O–H groups in total. The largest absolute Gasteiger partial charge is 0.417 e. The Bertz CT molecular complexity index is 810. The molecule has 0 aliphatic heterocycles. The highest BCUT2D eigenvalue weighted by Crippen LogP contribution is 2.43. The van der Waals surface area contributed by atoms with Crippen molar-refractivity contribution in [3.8, 4) is 11.1 Å². The van der Waals surface area contributed by atoms with E-state index in [0.29, 0.717) is 12.1 Å². The molecule has 0 atom stereocenters. The molecule has 0 fully saturated rings. The van der Waals surface area contributed by atoms with Crippen LogP contribution in [-0.4, -0.2) is 11.0 Å². The van der Waals surface area contributed by atoms with Gasteiger partial charge in [0, 0.05) is 11.1 Å². The first-order chi connectivity index (χ1) is 11.8. The lowest BCUT2D eigenvalue weighted by Gasteiger charge is -2.18. The van der Waals surface area contributed by atoms with Crippen molar-refractivity contribution < 1.29 is 35.9 Å². The maximum Gasteiger partial charge on any atom is 0.417 e. The fourth-order valence-corrected chi connectivity index (χ4v) is 2.49. The number of Topliss-reactive ketones (excluding diaryl/α,β-unsaturated/α-hetero) is 1. The number of carbonyl (C=O) groups is 2. The van der Waals surface area contributed by atoms with Gasteiger partial charge in [0.15, 0.2) is 5.78 Å². The van der Waals surface area contributed by atoms with Crippen LogP contribution in [0.25, 0.3) is 11.1 Å². The molecule has 2 rings (SSSR count). The highest BCUT2D eigenvalue weighted by atomic mass is 35.5. The van der Waals surface area contributed by atoms with Crippen LogP contribution in [-0.2, 0) is 12.4 Å². The highest BCUT2D eigenvalue weighted by molar-refractivity contribution is 6.67. The SMILES string of the molecule is CC(=O)c1ccc(-c2ccc(C(=O)Cl)cc2C(F)(F)F)c(C(F)(F)F)c1. The van der Waals surface area contributed by atoms with E-state index in [9.17, 15) is 35.9 Å². The summed E-state index contributed by atoms with van der Waals surface area (Å²) in [4.78, 5) is 22.4. The standard InChI is InChI=1S/C17H9ClF6O2/c1-8(25)9-2-4-11(13(6-9)16(19,20)21)12-5-3-10(15(18)26)7-14(12)17(22,23)24/h2-7H,1H3. The number of alkyl halides is 6. The molecule has 2 aromatic rings. The Morgan fingerprint density at radius 2 is 1.15 bits per heavy atom. The Morgan fingerprint density at radius 1 is 0.769 bits per heavy atom. The summed E-state index contributed by atoms with van der Waals surface area (Å²) < 4.78 is 80.0. The van der Waals surface area contributed by atoms with Crippen LogP contribution in [0.3, 0.4) is 0 Å². The number of carbonyl (C=O) groups excluding carboxylic acids is 2. The Balaban J connectivity index is 2.83. The molecule has 0 radical (unpaired) electrons. The summed E-state index contributed by atoms with van der Waals surface area (Å²) in [5.74, 6) is -0.666. The lowest BCUT2D eigenvalue weighted by atomic mass is 9.91. The van der Waals surface area contributed by atoms with Gasteiger partial charge in [0.2, 0.25) is 0 Å². The fourth-order valence-electron chi connectivity index (χ4n) is 2.37. The van der Waals surface area contributed by atoms with E-state index in [-0.39, 0.29) is 5.56 Å². The second-order valence-corrected chi connectivity index (χ2v) is 5.69. The molecule has 0 unspecified atom stereocenters. The summed E-state index contributed by atoms with van der Waals surface area (Å²) in [6, 6.07) is 4.34. The summed E-state index contributed by atoms with van der Waals surface area (Å²) in [5, 5.41) is -1.18. The van der Waals surface area contributed by atoms with Crippen molar-refractivity contribution in [3.05, 3.63) is 58.7 Å². The van der Waals surface area contributed by atoms with Crippen LogP contribution in [0.4, 0.5) is 26.3 Å². The molecule has 0 heterocycles. The van der Waals surface area contributed by atoms with Crippen LogP contribution in [0.5, 0.6) is 0 Å². The quantitative estimate of drug-likeness (QED) is 0.365. The van der Waals surface area contributed by atoms with Crippen LogP contribution in [0, 0.1) is 0 Å². The molecule has 0 aromatic heterocycles. The topological polar surface area (TPSA) is 34.1 Å². The van der Waals surface area contributed by atoms with E-state index >= 15 is 0 Å². The second-order valence-electron chi connectivity index (χ2n) is 5.35. The maximum absolute atomic E-state index is 13.3. The summed E-state index contributed by atoms with van der Waals surface area (Å²) in [5.41, 5.74) is -5.16. The molecule has 0 saturated carbocycles. The van der Waals surface area contributed by atoms with Crippen molar-refractivity contribution >= 4 is 22.6 Å². The number of ketones is 1. The molecule has 9 heteroatoms. The van der Waals surface area contributed by atoms with Gasteiger partial charge in [-0.2, -0.15) is 26.3 Å². The van der Waals surface area contributed by atoms with Crippen LogP contribution in [0.15, 0.2) is 36.4 Å². The van der Waals surface area contributed by atoms with E-state index in [2.05, 4.69) is 0 Å². The lowest BCUT2D eigenvalue weighted by Crippen LogP contribution is -2.13. The summed E-state index contributed by atoms with van der Waals surface area (Å²) in [7, 11) is 0. The second kappa shape index (κ2) is 6.75. The van der Waals surface area contributed by atoms with Crippen molar-refractivity contribution in [1.29, 1.82) is 0 Å². The average molecular weight is 395 g/mol. The van der Waals surface area contributed by atoms with Gasteiger partial charge in [-0.05, 0) is 47.9 Å². The zero-order valence-electron chi connectivity index (χ0n) is 12.9. The van der Waals surface area contributed by atoms with Gasteiger partial charge in [-0.3, -0.25) is 9.59 Å². The smallest absolute Gasteiger partial charge is 0.295 e. The molecule has 0 spiro atoms. The zero-order chi connectivity index (χ0) is 19.9. The molecule has 2 aromatic carbocycles. The van der Waals surface area contributed by atoms with E-state index in [1.807, 2.05) is 0 Å². The maximum atomic E-state index is 13.3. The molecular weight excluding hydrogens is 386 g/mol. The van der Waals surface area contributed by atoms with Gasteiger partial charge in [-0.25, -0.2) is 0 Å². The van der Waals surface area contributed by atoms with Crippen molar-refractivity contribution in [3.63, 3.8) is 0 Å². The van der Waals surface area contributed by atoms with E-state index in [0.717, 1.165) is 31.2 Å². The van der Waals surface area contributed by atoms with Crippen molar-refractivity contribution in [2.75, 3.05) is 0 Å². The van der Waals surface area contributed by atoms with E-state index in [1.165, 1.54) is 0 Å². The Morgan fingerprint density at radius 3 is 1.50 bits per heavy atom. The molecule has 0 amide bonds. The molecular formula is C17H9ClF6O2. The number of hydrogen-bond acceptors (Lipinski definition) is 2. The minimum atomic E-state index is -5.03. The van der Waals surface area contributed by atoms with Gasteiger partial charge in [0.25, 0.3) is 5.24 Å². The third kappa shape index (κ3) is 4.07. The van der Waals surface area contributed by atoms with Crippen molar-refractivity contribution in [2.24, 2.45) is 0 Å². The third-order valence-corrected chi connectivity index (χ3v) is 3.79. The van der Waals surface area contributed by atoms with Crippen LogP contribution < -0.4 is 0 Å². The van der Waals surface area contributed by atoms with Crippen molar-refractivity contribution in [2.45, 2.75) is 19.3 Å². The molecule has 0 saturated heterocycles. The number of rotatable bonds is 3. The highest BCUT2D eigenvalue weighted by Gasteiger charge is 2.39. The van der Waals surface area contributed by atoms with Gasteiger partial charge in [-0.15, -0.1) is 0 Å². The normalized spacial score (nSPS) is 12.2. The van der Waals surface area contributed by atoms with E-state index in [4.69, 9.17) is 11.6 Å². The molecule has 2 nitrogen and oxygen atoms in total. The molecule has 0 aliphatic carbocycles. The van der Waals surface area contributed by atoms with E-state index in [1.54, 1.807) is 0 Å². The van der Waals surface area contributed by atoms with Crippen LogP contribution >= 0.6 is 11.6 Å². The first kappa shape index (κ1) is 20.0. The lowest BCUT2D eigenvalue weighted by molar-refractivity contribution is -0.139. The van der Waals surface area contributed by atoms with Gasteiger partial charge in [0.05, 0.1) is 11.1 Å². The van der Waals surface area contributed by atoms with Crippen LogP contribution in [0.2, 0.25) is 0 Å². The monoisotopic (exact) mass is 394 g/mol. The summed E-state index contributed by atoms with van der Waals surface area (Å²) in [6.07, 6.45) is -10.0. The number of halogens is 7. The van der Waals surface area contributed by atoms with E-state index < -0.39 is 51.2 Å². The van der Waals surface area contributed by atoms with Crippen LogP contribution in [0.1, 0.15) is 38.8 Å². The first-order valence-corrected chi connectivity index (χ1v) is 7.34. The van der Waals surface area contributed by atoms with Gasteiger partial charge in [0.1, 0.15) is 0 Å². The Kier molecular flexibility index (Phi) is 5.19. The summed E-state index contributed by atoms with van der Waals surface area (Å²) in [6.45, 7) is 1.04. The summed E-state index contributed by atoms with van der Waals surface area (Å²) >= 11 is 5.16. The molecule has 0 aliphatic rings. The zero-order valence-corrected chi connectivity index (χ0v) is 13.7. The van der Waals surface area contributed by atoms with Gasteiger partial charge >= 0.3 is 12.4 Å². The van der Waals surface area contributed by atoms with Gasteiger partial charge in [-0.1, -0.05) is 18.2 Å². The van der Waals surface area contributed by atoms with Gasteiger partial charge < -0.3 is 0 Å². The number of benzene rings is 2. The fraction of sp³-hybridized carbons (Fsp3) is 0.176. The predicted octanol–water partition coefficient (Wildman–Crippen LogP) is 5.97. The predicted molar refractivity (Wildman–Crippen MR) is 82.1 cm³/mol. The first-order valence-electron chi connectivity index (χ1n) is 6.96. The Hall–Kier alpha value is -2.35. The van der Waals surface area contributed by atoms with Crippen molar-refractivity contribution in [1.82, 2.24) is 0 Å². The molecule has 138 valence electrons. The average Bonchev–Trinajstić information content (AvgIpc) is 2.52. The third-order valence-electron chi connectivity index (χ3n) is 3.57. The minimum Gasteiger partial charge on any atom is -0.295 e. The number of hydrogen-bond donors (Lipinski definition) is 0. The molecule has 26 heavy (non-hydrogen) atoms.